The molecule has 3 aliphatic rings. The zero-order valence-corrected chi connectivity index (χ0v) is 19.1. The van der Waals surface area contributed by atoms with Gasteiger partial charge in [-0.05, 0) is 55.2 Å². The number of rotatable bonds is 4. The second kappa shape index (κ2) is 9.23. The summed E-state index contributed by atoms with van der Waals surface area (Å²) in [6, 6.07) is 6.51. The molecule has 2 amide bonds. The molecule has 1 aromatic carbocycles. The average Bonchev–Trinajstić information content (AvgIpc) is 3.37. The summed E-state index contributed by atoms with van der Waals surface area (Å²) in [4.78, 5) is 27.7. The van der Waals surface area contributed by atoms with E-state index in [1.165, 1.54) is 31.4 Å². The lowest BCUT2D eigenvalue weighted by Crippen LogP contribution is -2.37. The molecule has 1 N–H and O–H groups in total. The number of carbonyl (C=O) groups excluding carboxylic acids is 2. The lowest BCUT2D eigenvalue weighted by molar-refractivity contribution is -0.129. The highest BCUT2D eigenvalue weighted by Crippen LogP contribution is 2.41. The van der Waals surface area contributed by atoms with E-state index in [-0.39, 0.29) is 35.5 Å². The minimum absolute atomic E-state index is 0.0371. The van der Waals surface area contributed by atoms with Gasteiger partial charge in [0.05, 0.1) is 6.42 Å². The average molecular weight is 454 g/mol. The van der Waals surface area contributed by atoms with Crippen molar-refractivity contribution in [1.82, 2.24) is 25.0 Å². The molecule has 2 aliphatic heterocycles. The minimum Gasteiger partial charge on any atom is -0.347 e. The van der Waals surface area contributed by atoms with Crippen molar-refractivity contribution in [3.8, 4) is 0 Å². The Balaban J connectivity index is 1.21. The van der Waals surface area contributed by atoms with Crippen LogP contribution in [0.4, 0.5) is 4.39 Å². The van der Waals surface area contributed by atoms with E-state index in [1.54, 1.807) is 12.1 Å². The molecule has 2 fully saturated rings. The van der Waals surface area contributed by atoms with Crippen molar-refractivity contribution in [1.29, 1.82) is 0 Å². The fraction of sp³-hybridized carbons (Fsp3) is 0.600. The number of aryl methyl sites for hydroxylation is 1. The molecular formula is C25H32FN5O2. The quantitative estimate of drug-likeness (QED) is 0.771. The van der Waals surface area contributed by atoms with Crippen molar-refractivity contribution in [2.75, 3.05) is 13.1 Å². The first-order chi connectivity index (χ1) is 16.0. The maximum absolute atomic E-state index is 13.5. The second-order valence-electron chi connectivity index (χ2n) is 10.0. The van der Waals surface area contributed by atoms with Gasteiger partial charge in [0.25, 0.3) is 5.91 Å². The summed E-state index contributed by atoms with van der Waals surface area (Å²) in [6.07, 6.45) is 9.41. The van der Waals surface area contributed by atoms with Crippen LogP contribution in [0.3, 0.4) is 0 Å². The van der Waals surface area contributed by atoms with Crippen LogP contribution in [0.25, 0.3) is 0 Å². The van der Waals surface area contributed by atoms with E-state index in [2.05, 4.69) is 15.5 Å². The lowest BCUT2D eigenvalue weighted by Gasteiger charge is -2.27. The zero-order valence-electron chi connectivity index (χ0n) is 19.1. The number of hydrogen-bond donors (Lipinski definition) is 1. The largest absolute Gasteiger partial charge is 0.347 e. The van der Waals surface area contributed by atoms with Gasteiger partial charge in [0.15, 0.2) is 0 Å². The summed E-state index contributed by atoms with van der Waals surface area (Å²) in [5, 5.41) is 11.7. The van der Waals surface area contributed by atoms with Gasteiger partial charge in [0.1, 0.15) is 11.6 Å². The first-order valence-corrected chi connectivity index (χ1v) is 12.3. The topological polar surface area (TPSA) is 80.1 Å². The number of nitrogens with one attached hydrogen (secondary N) is 1. The van der Waals surface area contributed by atoms with Gasteiger partial charge in [-0.2, -0.15) is 0 Å². The standard InChI is InChI=1S/C25H32FN5O2/c26-19-6-4-5-18(15-19)16-22(32)30-13-11-25(17-30)10-9-21-28-29-23(31(21)14-12-25)24(33)27-20-7-2-1-3-8-20/h4-6,15,20H,1-3,7-14,16-17H2,(H,27,33). The van der Waals surface area contributed by atoms with Crippen LogP contribution in [-0.4, -0.2) is 50.6 Å². The molecule has 1 saturated carbocycles. The van der Waals surface area contributed by atoms with Gasteiger partial charge in [0.2, 0.25) is 11.7 Å². The van der Waals surface area contributed by atoms with Crippen molar-refractivity contribution in [2.24, 2.45) is 5.41 Å². The molecule has 0 bridgehead atoms. The number of fused-ring (bicyclic) bond motifs is 1. The lowest BCUT2D eigenvalue weighted by atomic mass is 9.80. The van der Waals surface area contributed by atoms with Crippen molar-refractivity contribution >= 4 is 11.8 Å². The fourth-order valence-corrected chi connectivity index (χ4v) is 5.76. The normalized spacial score (nSPS) is 23.4. The van der Waals surface area contributed by atoms with Gasteiger partial charge in [-0.3, -0.25) is 9.59 Å². The number of benzene rings is 1. The number of nitrogens with zero attached hydrogens (tertiary/aromatic N) is 4. The number of hydrogen-bond acceptors (Lipinski definition) is 4. The van der Waals surface area contributed by atoms with Crippen molar-refractivity contribution in [2.45, 2.75) is 76.8 Å². The molecule has 2 aromatic rings. The van der Waals surface area contributed by atoms with Crippen LogP contribution in [0.15, 0.2) is 24.3 Å². The molecule has 1 unspecified atom stereocenters. The molecule has 1 atom stereocenters. The van der Waals surface area contributed by atoms with Crippen molar-refractivity contribution < 1.29 is 14.0 Å². The monoisotopic (exact) mass is 453 g/mol. The Morgan fingerprint density at radius 1 is 1.09 bits per heavy atom. The number of carbonyl (C=O) groups is 2. The second-order valence-corrected chi connectivity index (χ2v) is 10.0. The van der Waals surface area contributed by atoms with Gasteiger partial charge in [0, 0.05) is 32.1 Å². The van der Waals surface area contributed by atoms with E-state index in [1.807, 2.05) is 9.47 Å². The van der Waals surface area contributed by atoms with Crippen LogP contribution in [0.5, 0.6) is 0 Å². The number of halogens is 1. The summed E-state index contributed by atoms with van der Waals surface area (Å²) in [5.41, 5.74) is 0.747. The van der Waals surface area contributed by atoms with Gasteiger partial charge in [-0.15, -0.1) is 10.2 Å². The Morgan fingerprint density at radius 2 is 1.91 bits per heavy atom. The third-order valence-electron chi connectivity index (χ3n) is 7.75. The molecule has 33 heavy (non-hydrogen) atoms. The van der Waals surface area contributed by atoms with E-state index in [0.29, 0.717) is 24.5 Å². The Labute approximate surface area is 193 Å². The van der Waals surface area contributed by atoms with E-state index < -0.39 is 0 Å². The van der Waals surface area contributed by atoms with Gasteiger partial charge in [-0.25, -0.2) is 4.39 Å². The number of aromatic nitrogens is 3. The van der Waals surface area contributed by atoms with Crippen molar-refractivity contribution in [3.05, 3.63) is 47.3 Å². The Bertz CT molecular complexity index is 1030. The molecule has 1 aliphatic carbocycles. The molecule has 5 rings (SSSR count). The molecule has 176 valence electrons. The smallest absolute Gasteiger partial charge is 0.289 e. The summed E-state index contributed by atoms with van der Waals surface area (Å²) in [5.74, 6) is 0.909. The summed E-state index contributed by atoms with van der Waals surface area (Å²) >= 11 is 0. The highest BCUT2D eigenvalue weighted by molar-refractivity contribution is 5.91. The van der Waals surface area contributed by atoms with Crippen LogP contribution < -0.4 is 5.32 Å². The SMILES string of the molecule is O=C(NC1CCCCC1)c1nnc2n1CCC1(CC2)CCN(C(=O)Cc2cccc(F)c2)C1. The first-order valence-electron chi connectivity index (χ1n) is 12.3. The van der Waals surface area contributed by atoms with Crippen LogP contribution in [0, 0.1) is 11.2 Å². The molecule has 1 spiro atoms. The maximum Gasteiger partial charge on any atom is 0.289 e. The predicted molar refractivity (Wildman–Crippen MR) is 121 cm³/mol. The van der Waals surface area contributed by atoms with Crippen LogP contribution >= 0.6 is 0 Å². The minimum atomic E-state index is -0.312. The highest BCUT2D eigenvalue weighted by Gasteiger charge is 2.41. The Hall–Kier alpha value is -2.77. The van der Waals surface area contributed by atoms with Gasteiger partial charge < -0.3 is 14.8 Å². The van der Waals surface area contributed by atoms with E-state index in [0.717, 1.165) is 50.9 Å². The molecule has 7 nitrogen and oxygen atoms in total. The molecule has 8 heteroatoms. The summed E-state index contributed by atoms with van der Waals surface area (Å²) in [7, 11) is 0. The third kappa shape index (κ3) is 4.80. The molecule has 3 heterocycles. The summed E-state index contributed by atoms with van der Waals surface area (Å²) in [6.45, 7) is 2.13. The number of amides is 2. The van der Waals surface area contributed by atoms with E-state index in [4.69, 9.17) is 0 Å². The van der Waals surface area contributed by atoms with Crippen LogP contribution in [0.2, 0.25) is 0 Å². The predicted octanol–water partition coefficient (Wildman–Crippen LogP) is 3.28. The fourth-order valence-electron chi connectivity index (χ4n) is 5.76. The Morgan fingerprint density at radius 3 is 2.73 bits per heavy atom. The van der Waals surface area contributed by atoms with Crippen LogP contribution in [0.1, 0.15) is 73.4 Å². The molecule has 1 aromatic heterocycles. The molecular weight excluding hydrogens is 421 g/mol. The zero-order chi connectivity index (χ0) is 22.8. The van der Waals surface area contributed by atoms with Gasteiger partial charge >= 0.3 is 0 Å². The summed E-state index contributed by atoms with van der Waals surface area (Å²) < 4.78 is 15.5. The maximum atomic E-state index is 13.5. The Kier molecular flexibility index (Phi) is 6.17. The first kappa shape index (κ1) is 22.0. The van der Waals surface area contributed by atoms with E-state index >= 15 is 0 Å². The highest BCUT2D eigenvalue weighted by atomic mass is 19.1. The molecule has 0 radical (unpaired) electrons. The molecule has 1 saturated heterocycles. The third-order valence-corrected chi connectivity index (χ3v) is 7.75. The van der Waals surface area contributed by atoms with Gasteiger partial charge in [-0.1, -0.05) is 31.4 Å². The number of likely N-dealkylation sites (tertiary alicyclic amines) is 1. The van der Waals surface area contributed by atoms with Crippen molar-refractivity contribution in [3.63, 3.8) is 0 Å². The van der Waals surface area contributed by atoms with Crippen LogP contribution in [-0.2, 0) is 24.2 Å². The van der Waals surface area contributed by atoms with E-state index in [9.17, 15) is 14.0 Å².